The summed E-state index contributed by atoms with van der Waals surface area (Å²) in [6, 6.07) is 0. The second-order valence-corrected chi connectivity index (χ2v) is 3.84. The fraction of sp³-hybridized carbons (Fsp3) is 0.417. The van der Waals surface area contributed by atoms with Gasteiger partial charge in [-0.25, -0.2) is 8.78 Å². The first-order valence-electron chi connectivity index (χ1n) is 5.12. The highest BCUT2D eigenvalue weighted by atomic mass is 19.1. The largest absolute Gasteiger partial charge is 0.390 e. The molecule has 17 heavy (non-hydrogen) atoms. The molecule has 0 spiro atoms. The number of hydrogen-bond donors (Lipinski definition) is 1. The Morgan fingerprint density at radius 3 is 2.71 bits per heavy atom. The number of hydrogen-bond acceptors (Lipinski definition) is 3. The molecule has 1 saturated heterocycles. The molecule has 0 amide bonds. The molecule has 1 aliphatic rings. The Hall–Kier alpha value is -1.33. The van der Waals surface area contributed by atoms with Crippen LogP contribution in [-0.4, -0.2) is 29.7 Å². The van der Waals surface area contributed by atoms with Gasteiger partial charge in [0.1, 0.15) is 18.5 Å². The molecule has 0 bridgehead atoms. The molecule has 0 unspecified atom stereocenters. The van der Waals surface area contributed by atoms with Gasteiger partial charge in [0.25, 0.3) is 0 Å². The molecule has 1 aliphatic heterocycles. The van der Waals surface area contributed by atoms with E-state index in [-0.39, 0.29) is 24.4 Å². The van der Waals surface area contributed by atoms with Crippen LogP contribution < -0.4 is 0 Å². The Kier molecular flexibility index (Phi) is 4.72. The average molecular weight is 244 g/mol. The maximum absolute atomic E-state index is 13.5. The summed E-state index contributed by atoms with van der Waals surface area (Å²) in [5.41, 5.74) is -0.0949. The summed E-state index contributed by atoms with van der Waals surface area (Å²) in [7, 11) is 0. The maximum atomic E-state index is 13.5. The van der Waals surface area contributed by atoms with E-state index < -0.39 is 23.9 Å². The fourth-order valence-electron chi connectivity index (χ4n) is 1.46. The zero-order valence-corrected chi connectivity index (χ0v) is 9.45. The van der Waals surface area contributed by atoms with Gasteiger partial charge in [-0.15, -0.1) is 0 Å². The standard InChI is InChI=1S/C12H14F2O3/c1-7(13)3-4-10(14)8(2)12-11(16)5-9(15)6-17-12/h3-4,11-12,16H,2,5-6H2,1H3/b7-3+,10-4+/t11-,12-/m1/s1. The van der Waals surface area contributed by atoms with Crippen molar-refractivity contribution in [1.29, 1.82) is 0 Å². The number of allylic oxidation sites excluding steroid dienone is 3. The number of aliphatic hydroxyl groups excluding tert-OH is 1. The SMILES string of the molecule is C=C(/C(F)=C\C=C(/C)F)[C@H]1OCC(=O)C[C@H]1O. The molecule has 1 N–H and O–H groups in total. The Balaban J connectivity index is 2.73. The first kappa shape index (κ1) is 13.7. The first-order chi connectivity index (χ1) is 7.91. The van der Waals surface area contributed by atoms with Crippen molar-refractivity contribution in [2.45, 2.75) is 25.6 Å². The van der Waals surface area contributed by atoms with E-state index in [0.29, 0.717) is 0 Å². The van der Waals surface area contributed by atoms with Crippen LogP contribution in [-0.2, 0) is 9.53 Å². The van der Waals surface area contributed by atoms with E-state index in [9.17, 15) is 18.7 Å². The van der Waals surface area contributed by atoms with Crippen LogP contribution in [0.5, 0.6) is 0 Å². The third kappa shape index (κ3) is 3.87. The molecule has 1 rings (SSSR count). The number of ketones is 1. The molecule has 1 heterocycles. The lowest BCUT2D eigenvalue weighted by molar-refractivity contribution is -0.139. The van der Waals surface area contributed by atoms with E-state index >= 15 is 0 Å². The van der Waals surface area contributed by atoms with Gasteiger partial charge < -0.3 is 9.84 Å². The summed E-state index contributed by atoms with van der Waals surface area (Å²) in [4.78, 5) is 10.9. The zero-order valence-electron chi connectivity index (χ0n) is 9.45. The molecule has 5 heteroatoms. The minimum atomic E-state index is -1.11. The van der Waals surface area contributed by atoms with E-state index in [2.05, 4.69) is 6.58 Å². The molecule has 1 fully saturated rings. The lowest BCUT2D eigenvalue weighted by atomic mass is 9.98. The van der Waals surface area contributed by atoms with Gasteiger partial charge in [-0.1, -0.05) is 6.58 Å². The lowest BCUT2D eigenvalue weighted by Crippen LogP contribution is -2.39. The molecule has 2 atom stereocenters. The van der Waals surface area contributed by atoms with Crippen LogP contribution in [0.4, 0.5) is 8.78 Å². The van der Waals surface area contributed by atoms with E-state index in [1.165, 1.54) is 6.92 Å². The highest BCUT2D eigenvalue weighted by Crippen LogP contribution is 2.24. The molecule has 0 saturated carbocycles. The quantitative estimate of drug-likeness (QED) is 0.772. The summed E-state index contributed by atoms with van der Waals surface area (Å²) in [6.07, 6.45) is -0.310. The first-order valence-corrected chi connectivity index (χ1v) is 5.12. The Labute approximate surface area is 98.1 Å². The highest BCUT2D eigenvalue weighted by molar-refractivity contribution is 5.81. The predicted molar refractivity (Wildman–Crippen MR) is 58.6 cm³/mol. The van der Waals surface area contributed by atoms with Crippen LogP contribution in [0.2, 0.25) is 0 Å². The van der Waals surface area contributed by atoms with Gasteiger partial charge in [-0.05, 0) is 19.1 Å². The number of carbonyl (C=O) groups excluding carboxylic acids is 1. The van der Waals surface area contributed by atoms with Crippen LogP contribution in [0, 0.1) is 0 Å². The smallest absolute Gasteiger partial charge is 0.161 e. The van der Waals surface area contributed by atoms with E-state index in [1.807, 2.05) is 0 Å². The van der Waals surface area contributed by atoms with Crippen molar-refractivity contribution in [3.05, 3.63) is 36.0 Å². The summed E-state index contributed by atoms with van der Waals surface area (Å²) in [5, 5.41) is 9.55. The van der Waals surface area contributed by atoms with Crippen LogP contribution >= 0.6 is 0 Å². The lowest BCUT2D eigenvalue weighted by Gasteiger charge is -2.28. The van der Waals surface area contributed by atoms with Crippen LogP contribution in [0.15, 0.2) is 36.0 Å². The minimum Gasteiger partial charge on any atom is -0.390 e. The van der Waals surface area contributed by atoms with E-state index in [1.54, 1.807) is 0 Å². The molecule has 0 aliphatic carbocycles. The van der Waals surface area contributed by atoms with Crippen molar-refractivity contribution in [1.82, 2.24) is 0 Å². The summed E-state index contributed by atoms with van der Waals surface area (Å²) in [6.45, 7) is 4.44. The third-order valence-corrected chi connectivity index (χ3v) is 2.32. The van der Waals surface area contributed by atoms with Crippen molar-refractivity contribution < 1.29 is 23.4 Å². The normalized spacial score (nSPS) is 27.2. The molecular weight excluding hydrogens is 230 g/mol. The molecule has 3 nitrogen and oxygen atoms in total. The van der Waals surface area contributed by atoms with Crippen molar-refractivity contribution in [3.63, 3.8) is 0 Å². The average Bonchev–Trinajstić information content (AvgIpc) is 2.25. The second kappa shape index (κ2) is 5.84. The maximum Gasteiger partial charge on any atom is 0.161 e. The van der Waals surface area contributed by atoms with Crippen LogP contribution in [0.3, 0.4) is 0 Å². The number of Topliss-reactive ketones (excluding diaryl/α,β-unsaturated/α-hetero) is 1. The molecule has 94 valence electrons. The van der Waals surface area contributed by atoms with Gasteiger partial charge in [0.2, 0.25) is 0 Å². The fourth-order valence-corrected chi connectivity index (χ4v) is 1.46. The van der Waals surface area contributed by atoms with Crippen molar-refractivity contribution >= 4 is 5.78 Å². The number of halogens is 2. The number of ether oxygens (including phenoxy) is 1. The van der Waals surface area contributed by atoms with Gasteiger partial charge in [0, 0.05) is 12.0 Å². The summed E-state index contributed by atoms with van der Waals surface area (Å²) in [5.74, 6) is -1.57. The Morgan fingerprint density at radius 1 is 1.53 bits per heavy atom. The molecule has 0 aromatic heterocycles. The molecular formula is C12H14F2O3. The minimum absolute atomic E-state index is 0.0883. The predicted octanol–water partition coefficient (Wildman–Crippen LogP) is 1.99. The van der Waals surface area contributed by atoms with Gasteiger partial charge >= 0.3 is 0 Å². The van der Waals surface area contributed by atoms with Crippen molar-refractivity contribution in [3.8, 4) is 0 Å². The van der Waals surface area contributed by atoms with Crippen molar-refractivity contribution in [2.75, 3.05) is 6.61 Å². The molecule has 0 radical (unpaired) electrons. The van der Waals surface area contributed by atoms with Gasteiger partial charge in [-0.3, -0.25) is 4.79 Å². The Bertz CT molecular complexity index is 381. The van der Waals surface area contributed by atoms with Crippen LogP contribution in [0.25, 0.3) is 0 Å². The van der Waals surface area contributed by atoms with E-state index in [4.69, 9.17) is 4.74 Å². The van der Waals surface area contributed by atoms with E-state index in [0.717, 1.165) is 12.2 Å². The topological polar surface area (TPSA) is 46.5 Å². The van der Waals surface area contributed by atoms with Gasteiger partial charge in [0.15, 0.2) is 5.78 Å². The number of carbonyl (C=O) groups is 1. The highest BCUT2D eigenvalue weighted by Gasteiger charge is 2.31. The van der Waals surface area contributed by atoms with Crippen LogP contribution in [0.1, 0.15) is 13.3 Å². The molecule has 0 aromatic carbocycles. The monoisotopic (exact) mass is 244 g/mol. The van der Waals surface area contributed by atoms with Gasteiger partial charge in [0.05, 0.1) is 11.9 Å². The summed E-state index contributed by atoms with van der Waals surface area (Å²) < 4.78 is 30.9. The molecule has 0 aromatic rings. The zero-order chi connectivity index (χ0) is 13.0. The van der Waals surface area contributed by atoms with Gasteiger partial charge in [-0.2, -0.15) is 0 Å². The second-order valence-electron chi connectivity index (χ2n) is 3.84. The van der Waals surface area contributed by atoms with Crippen molar-refractivity contribution in [2.24, 2.45) is 0 Å². The number of aliphatic hydroxyl groups is 1. The third-order valence-electron chi connectivity index (χ3n) is 2.32. The Morgan fingerprint density at radius 2 is 2.18 bits per heavy atom. The summed E-state index contributed by atoms with van der Waals surface area (Å²) >= 11 is 0. The number of rotatable bonds is 3.